The number of guanidine groups is 1. The van der Waals surface area contributed by atoms with Gasteiger partial charge in [0.25, 0.3) is 0 Å². The number of nitrogens with one attached hydrogen (secondary N) is 1. The maximum absolute atomic E-state index is 4.44. The largest absolute Gasteiger partial charge is 0.351 e. The molecule has 1 aliphatic carbocycles. The fraction of sp³-hybridized carbons (Fsp3) is 0.714. The Morgan fingerprint density at radius 3 is 2.89 bits per heavy atom. The Morgan fingerprint density at radius 2 is 2.37 bits per heavy atom. The van der Waals surface area contributed by atoms with Crippen LogP contribution >= 0.6 is 11.3 Å². The van der Waals surface area contributed by atoms with Crippen molar-refractivity contribution < 1.29 is 0 Å². The van der Waals surface area contributed by atoms with Gasteiger partial charge in [-0.2, -0.15) is 0 Å². The van der Waals surface area contributed by atoms with Crippen molar-refractivity contribution in [1.29, 1.82) is 0 Å². The molecule has 2 aliphatic rings. The van der Waals surface area contributed by atoms with Crippen LogP contribution in [0.2, 0.25) is 0 Å². The molecular formula is C14H22N4S. The molecule has 104 valence electrons. The predicted octanol–water partition coefficient (Wildman–Crippen LogP) is 2.40. The second-order valence-electron chi connectivity index (χ2n) is 5.79. The Kier molecular flexibility index (Phi) is 3.48. The molecule has 1 aromatic rings. The lowest BCUT2D eigenvalue weighted by Gasteiger charge is -2.38. The molecule has 1 saturated heterocycles. The Morgan fingerprint density at radius 1 is 1.53 bits per heavy atom. The molecule has 0 unspecified atom stereocenters. The van der Waals surface area contributed by atoms with E-state index in [2.05, 4.69) is 27.1 Å². The summed E-state index contributed by atoms with van der Waals surface area (Å²) in [6, 6.07) is 0. The zero-order valence-electron chi connectivity index (χ0n) is 11.8. The topological polar surface area (TPSA) is 40.5 Å². The number of aryl methyl sites for hydroxylation is 1. The van der Waals surface area contributed by atoms with Crippen molar-refractivity contribution in [2.75, 3.05) is 20.1 Å². The van der Waals surface area contributed by atoms with Gasteiger partial charge >= 0.3 is 0 Å². The van der Waals surface area contributed by atoms with Crippen LogP contribution in [0.3, 0.4) is 0 Å². The molecule has 0 radical (unpaired) electrons. The van der Waals surface area contributed by atoms with Gasteiger partial charge in [0.05, 0.1) is 17.7 Å². The average molecular weight is 278 g/mol. The highest BCUT2D eigenvalue weighted by atomic mass is 32.1. The second kappa shape index (κ2) is 5.12. The monoisotopic (exact) mass is 278 g/mol. The van der Waals surface area contributed by atoms with E-state index in [0.717, 1.165) is 24.7 Å². The van der Waals surface area contributed by atoms with Gasteiger partial charge in [0.2, 0.25) is 0 Å². The van der Waals surface area contributed by atoms with Crippen LogP contribution in [-0.4, -0.2) is 36.0 Å². The van der Waals surface area contributed by atoms with Gasteiger partial charge in [-0.05, 0) is 31.6 Å². The van der Waals surface area contributed by atoms with Crippen molar-refractivity contribution in [2.45, 2.75) is 39.2 Å². The third kappa shape index (κ3) is 2.48. The zero-order chi connectivity index (χ0) is 13.3. The van der Waals surface area contributed by atoms with Crippen LogP contribution in [0.15, 0.2) is 10.5 Å². The van der Waals surface area contributed by atoms with Crippen LogP contribution in [-0.2, 0) is 6.54 Å². The number of aliphatic imine (C=N–C) groups is 1. The van der Waals surface area contributed by atoms with Gasteiger partial charge in [-0.3, -0.25) is 4.99 Å². The van der Waals surface area contributed by atoms with Gasteiger partial charge in [-0.25, -0.2) is 4.98 Å². The maximum Gasteiger partial charge on any atom is 0.193 e. The first-order valence-electron chi connectivity index (χ1n) is 7.07. The molecule has 0 amide bonds. The van der Waals surface area contributed by atoms with E-state index in [1.807, 2.05) is 12.6 Å². The van der Waals surface area contributed by atoms with Crippen LogP contribution in [0, 0.1) is 12.3 Å². The summed E-state index contributed by atoms with van der Waals surface area (Å²) in [6.45, 7) is 5.25. The fourth-order valence-corrected chi connectivity index (χ4v) is 3.91. The molecule has 1 N–H and O–H groups in total. The average Bonchev–Trinajstić information content (AvgIpc) is 2.97. The molecule has 1 saturated carbocycles. The van der Waals surface area contributed by atoms with E-state index in [4.69, 9.17) is 0 Å². The Labute approximate surface area is 118 Å². The third-order valence-electron chi connectivity index (χ3n) is 4.62. The lowest BCUT2D eigenvalue weighted by molar-refractivity contribution is 0.151. The predicted molar refractivity (Wildman–Crippen MR) is 79.5 cm³/mol. The fourth-order valence-electron chi connectivity index (χ4n) is 3.19. The molecule has 0 bridgehead atoms. The highest BCUT2D eigenvalue weighted by Crippen LogP contribution is 2.47. The molecule has 2 fully saturated rings. The van der Waals surface area contributed by atoms with Crippen molar-refractivity contribution >= 4 is 17.3 Å². The number of nitrogens with zero attached hydrogens (tertiary/aromatic N) is 3. The Bertz CT molecular complexity index is 476. The standard InChI is InChI=1S/C14H22N4S/c1-11-12(19-10-17-11)8-16-13(15-2)18-7-6-14(9-18)4-3-5-14/h10H,3-9H2,1-2H3,(H,15,16). The van der Waals surface area contributed by atoms with E-state index in [0.29, 0.717) is 5.41 Å². The summed E-state index contributed by atoms with van der Waals surface area (Å²) < 4.78 is 0. The summed E-state index contributed by atoms with van der Waals surface area (Å²) >= 11 is 1.71. The van der Waals surface area contributed by atoms with E-state index >= 15 is 0 Å². The minimum absolute atomic E-state index is 0.623. The summed E-state index contributed by atoms with van der Waals surface area (Å²) in [4.78, 5) is 12.5. The molecule has 0 atom stereocenters. The molecule has 19 heavy (non-hydrogen) atoms. The van der Waals surface area contributed by atoms with Gasteiger partial charge in [0.15, 0.2) is 5.96 Å². The van der Waals surface area contributed by atoms with Gasteiger partial charge in [-0.15, -0.1) is 11.3 Å². The van der Waals surface area contributed by atoms with E-state index in [1.54, 1.807) is 11.3 Å². The van der Waals surface area contributed by atoms with Gasteiger partial charge in [0, 0.05) is 25.0 Å². The second-order valence-corrected chi connectivity index (χ2v) is 6.73. The molecule has 1 aliphatic heterocycles. The number of aromatic nitrogens is 1. The number of hydrogen-bond acceptors (Lipinski definition) is 3. The summed E-state index contributed by atoms with van der Waals surface area (Å²) in [5, 5.41) is 3.49. The maximum atomic E-state index is 4.44. The van der Waals surface area contributed by atoms with Crippen molar-refractivity contribution in [3.8, 4) is 0 Å². The molecule has 1 aromatic heterocycles. The minimum Gasteiger partial charge on any atom is -0.351 e. The number of rotatable bonds is 2. The van der Waals surface area contributed by atoms with E-state index in [-0.39, 0.29) is 0 Å². The Balaban J connectivity index is 1.58. The van der Waals surface area contributed by atoms with Crippen molar-refractivity contribution in [2.24, 2.45) is 10.4 Å². The first-order chi connectivity index (χ1) is 9.22. The first kappa shape index (κ1) is 12.9. The summed E-state index contributed by atoms with van der Waals surface area (Å²) in [5.41, 5.74) is 3.66. The molecule has 4 nitrogen and oxygen atoms in total. The zero-order valence-corrected chi connectivity index (χ0v) is 12.6. The van der Waals surface area contributed by atoms with Crippen LogP contribution in [0.1, 0.15) is 36.3 Å². The van der Waals surface area contributed by atoms with Gasteiger partial charge < -0.3 is 10.2 Å². The molecule has 3 rings (SSSR count). The highest BCUT2D eigenvalue weighted by Gasteiger charge is 2.43. The molecule has 5 heteroatoms. The summed E-state index contributed by atoms with van der Waals surface area (Å²) in [6.07, 6.45) is 5.58. The van der Waals surface area contributed by atoms with Crippen LogP contribution < -0.4 is 5.32 Å². The number of thiazole rings is 1. The molecular weight excluding hydrogens is 256 g/mol. The third-order valence-corrected chi connectivity index (χ3v) is 5.55. The SMILES string of the molecule is CN=C(NCc1scnc1C)N1CCC2(CCC2)C1. The van der Waals surface area contributed by atoms with Crippen LogP contribution in [0.4, 0.5) is 0 Å². The Hall–Kier alpha value is -1.10. The number of likely N-dealkylation sites (tertiary alicyclic amines) is 1. The normalized spacial score (nSPS) is 21.8. The first-order valence-corrected chi connectivity index (χ1v) is 7.95. The highest BCUT2D eigenvalue weighted by molar-refractivity contribution is 7.09. The smallest absolute Gasteiger partial charge is 0.193 e. The lowest BCUT2D eigenvalue weighted by Crippen LogP contribution is -2.42. The lowest BCUT2D eigenvalue weighted by atomic mass is 9.68. The van der Waals surface area contributed by atoms with Crippen molar-refractivity contribution in [1.82, 2.24) is 15.2 Å². The van der Waals surface area contributed by atoms with Crippen molar-refractivity contribution in [3.05, 3.63) is 16.1 Å². The number of hydrogen-bond donors (Lipinski definition) is 1. The van der Waals surface area contributed by atoms with E-state index in [9.17, 15) is 0 Å². The quantitative estimate of drug-likeness (QED) is 0.667. The van der Waals surface area contributed by atoms with Crippen molar-refractivity contribution in [3.63, 3.8) is 0 Å². The van der Waals surface area contributed by atoms with Gasteiger partial charge in [0.1, 0.15) is 0 Å². The van der Waals surface area contributed by atoms with Crippen LogP contribution in [0.5, 0.6) is 0 Å². The summed E-state index contributed by atoms with van der Waals surface area (Å²) in [5.74, 6) is 1.05. The molecule has 1 spiro atoms. The van der Waals surface area contributed by atoms with E-state index in [1.165, 1.54) is 37.1 Å². The van der Waals surface area contributed by atoms with Crippen LogP contribution in [0.25, 0.3) is 0 Å². The molecule has 2 heterocycles. The van der Waals surface area contributed by atoms with E-state index < -0.39 is 0 Å². The molecule has 0 aromatic carbocycles. The minimum atomic E-state index is 0.623. The van der Waals surface area contributed by atoms with Gasteiger partial charge in [-0.1, -0.05) is 6.42 Å². The summed E-state index contributed by atoms with van der Waals surface area (Å²) in [7, 11) is 1.88.